The second-order valence-corrected chi connectivity index (χ2v) is 1.67. The Morgan fingerprint density at radius 3 is 4.11 bits per heavy atom. The van der Waals surface area contributed by atoms with Crippen LogP contribution in [0, 0.1) is 0 Å². The predicted octanol–water partition coefficient (Wildman–Crippen LogP) is -0.233. The lowest BCUT2D eigenvalue weighted by Crippen LogP contribution is -2.28. The van der Waals surface area contributed by atoms with Crippen LogP contribution >= 0.6 is 0 Å². The molecule has 50 valence electrons. The van der Waals surface area contributed by atoms with Crippen molar-refractivity contribution in [3.05, 3.63) is 11.8 Å². The van der Waals surface area contributed by atoms with Gasteiger partial charge in [-0.3, -0.25) is 5.31 Å². The van der Waals surface area contributed by atoms with Gasteiger partial charge in [-0.2, -0.15) is 0 Å². The number of rotatable bonds is 0. The van der Waals surface area contributed by atoms with Gasteiger partial charge in [0, 0.05) is 0 Å². The maximum Gasteiger partial charge on any atom is 0.161 e. The SMILES string of the molecule is [2H]N1C2=CCC([2H])([2H])OC2([2H])N([2H])C1([2H])[2H]. The second-order valence-electron chi connectivity index (χ2n) is 1.67. The largest absolute Gasteiger partial charge is 0.373 e. The van der Waals surface area contributed by atoms with E-state index in [-0.39, 0.29) is 17.4 Å². The maximum atomic E-state index is 7.79. The maximum absolute atomic E-state index is 7.79. The van der Waals surface area contributed by atoms with Crippen LogP contribution in [0.5, 0.6) is 0 Å². The van der Waals surface area contributed by atoms with Crippen molar-refractivity contribution in [2.75, 3.05) is 13.2 Å². The Hall–Kier alpha value is -0.540. The highest BCUT2D eigenvalue weighted by Crippen LogP contribution is 2.11. The van der Waals surface area contributed by atoms with Gasteiger partial charge in [0.1, 0.15) is 7.62 Å². The Labute approximate surface area is 64.0 Å². The summed E-state index contributed by atoms with van der Waals surface area (Å²) in [6, 6.07) is 0. The lowest BCUT2D eigenvalue weighted by Gasteiger charge is -2.16. The summed E-state index contributed by atoms with van der Waals surface area (Å²) >= 11 is 0. The van der Waals surface area contributed by atoms with Crippen LogP contribution in [0.3, 0.4) is 0 Å². The molecule has 0 radical (unpaired) electrons. The zero-order valence-corrected chi connectivity index (χ0v) is 4.59. The minimum atomic E-state index is -2.52. The van der Waals surface area contributed by atoms with Crippen LogP contribution in [0.4, 0.5) is 0 Å². The fraction of sp³-hybridized carbons (Fsp3) is 0.667. The molecule has 0 aromatic carbocycles. The van der Waals surface area contributed by atoms with Crippen LogP contribution in [0.2, 0.25) is 2.82 Å². The van der Waals surface area contributed by atoms with Crippen LogP contribution in [0.1, 0.15) is 13.3 Å². The third-order valence-corrected chi connectivity index (χ3v) is 1.09. The molecule has 0 aromatic rings. The summed E-state index contributed by atoms with van der Waals surface area (Å²) in [4.78, 5) is 0. The first-order chi connectivity index (χ1) is 7.11. The van der Waals surface area contributed by atoms with Gasteiger partial charge in [-0.15, -0.1) is 0 Å². The molecule has 1 unspecified atom stereocenters. The molecule has 2 rings (SSSR count). The van der Waals surface area contributed by atoms with Crippen molar-refractivity contribution >= 4 is 0 Å². The molecule has 2 N–H and O–H groups in total. The average molecular weight is 133 g/mol. The number of hydrogen-bond acceptors (Lipinski definition) is 3. The summed E-state index contributed by atoms with van der Waals surface area (Å²) in [5.41, 5.74) is -0.178. The van der Waals surface area contributed by atoms with Crippen LogP contribution in [0.25, 0.3) is 0 Å². The first-order valence-corrected chi connectivity index (χ1v) is 2.60. The van der Waals surface area contributed by atoms with Gasteiger partial charge in [0.15, 0.2) is 1.41 Å². The van der Waals surface area contributed by atoms with Gasteiger partial charge in [-0.05, 0) is 6.42 Å². The topological polar surface area (TPSA) is 33.3 Å². The first-order valence-electron chi connectivity index (χ1n) is 6.00. The molecule has 3 nitrogen and oxygen atoms in total. The number of ether oxygens (including phenoxy) is 1. The minimum absolute atomic E-state index is 0.135. The van der Waals surface area contributed by atoms with E-state index < -0.39 is 19.4 Å². The fourth-order valence-electron chi connectivity index (χ4n) is 0.686. The highest BCUT2D eigenvalue weighted by Gasteiger charge is 2.21. The zero-order chi connectivity index (χ0) is 12.4. The third-order valence-electron chi connectivity index (χ3n) is 1.09. The van der Waals surface area contributed by atoms with Crippen molar-refractivity contribution < 1.29 is 14.4 Å². The Morgan fingerprint density at radius 1 is 2.11 bits per heavy atom. The third kappa shape index (κ3) is 0.821. The van der Waals surface area contributed by atoms with Gasteiger partial charge in [0.05, 0.1) is 25.7 Å². The van der Waals surface area contributed by atoms with Crippen molar-refractivity contribution in [3.63, 3.8) is 0 Å². The van der Waals surface area contributed by atoms with Crippen LogP contribution in [0.15, 0.2) is 11.8 Å². The molecule has 0 aromatic heterocycles. The summed E-state index contributed by atoms with van der Waals surface area (Å²) < 4.78 is 57.0. The molecular formula is C6H10N2O. The molecule has 0 amide bonds. The molecule has 2 aliphatic rings. The molecule has 1 fully saturated rings. The van der Waals surface area contributed by atoms with Gasteiger partial charge in [0.2, 0.25) is 0 Å². The minimum Gasteiger partial charge on any atom is -0.373 e. The summed E-state index contributed by atoms with van der Waals surface area (Å²) in [6.45, 7) is -4.65. The quantitative estimate of drug-likeness (QED) is 0.479. The van der Waals surface area contributed by atoms with Crippen LogP contribution in [-0.2, 0) is 4.74 Å². The smallest absolute Gasteiger partial charge is 0.161 e. The van der Waals surface area contributed by atoms with E-state index in [0.717, 1.165) is 0 Å². The van der Waals surface area contributed by atoms with Crippen molar-refractivity contribution in [1.82, 2.24) is 10.6 Å². The molecule has 2 heterocycles. The van der Waals surface area contributed by atoms with Gasteiger partial charge < -0.3 is 10.0 Å². The molecule has 1 saturated heterocycles. The van der Waals surface area contributed by atoms with E-state index in [1.807, 2.05) is 0 Å². The van der Waals surface area contributed by atoms with E-state index in [4.69, 9.17) is 14.4 Å². The van der Waals surface area contributed by atoms with Crippen LogP contribution in [-0.4, -0.2) is 19.4 Å². The highest BCUT2D eigenvalue weighted by atomic mass is 16.5. The fourth-order valence-corrected chi connectivity index (χ4v) is 0.686. The monoisotopic (exact) mass is 133 g/mol. The summed E-state index contributed by atoms with van der Waals surface area (Å²) in [6.07, 6.45) is -1.27. The van der Waals surface area contributed by atoms with E-state index in [1.54, 1.807) is 0 Å². The van der Waals surface area contributed by atoms with E-state index in [2.05, 4.69) is 0 Å². The number of fused-ring (bicyclic) bond motifs is 1. The number of nitrogens with one attached hydrogen (secondary N) is 2. The lowest BCUT2D eigenvalue weighted by atomic mass is 10.3. The average Bonchev–Trinajstić information content (AvgIpc) is 2.24. The summed E-state index contributed by atoms with van der Waals surface area (Å²) in [7, 11) is 0. The van der Waals surface area contributed by atoms with Gasteiger partial charge >= 0.3 is 0 Å². The molecule has 3 heteroatoms. The predicted molar refractivity (Wildman–Crippen MR) is 33.6 cm³/mol. The van der Waals surface area contributed by atoms with E-state index >= 15 is 0 Å². The van der Waals surface area contributed by atoms with Gasteiger partial charge in [-0.25, -0.2) is 0 Å². The molecule has 0 spiro atoms. The molecule has 0 aliphatic carbocycles. The van der Waals surface area contributed by atoms with Crippen molar-refractivity contribution in [1.29, 1.82) is 0 Å². The van der Waals surface area contributed by atoms with Crippen molar-refractivity contribution in [2.24, 2.45) is 0 Å². The molecule has 1 atom stereocenters. The molecule has 0 bridgehead atoms. The molecule has 9 heavy (non-hydrogen) atoms. The highest BCUT2D eigenvalue weighted by molar-refractivity contribution is 5.11. The Kier molecular flexibility index (Phi) is 0.387. The standard InChI is InChI=1S/C6H10N2O/c1-2-5-6(9-3-1)8-4-7-5/h2,6-8H,1,3-4H2/i3D2,4D2,6D/hD2. The molecular weight excluding hydrogens is 116 g/mol. The first kappa shape index (κ1) is 1.74. The summed E-state index contributed by atoms with van der Waals surface area (Å²) in [5.74, 6) is 0. The normalized spacial score (nSPS) is 66.9. The van der Waals surface area contributed by atoms with Crippen molar-refractivity contribution in [2.45, 2.75) is 12.6 Å². The number of hydrogen-bond donors (Lipinski definition) is 2. The van der Waals surface area contributed by atoms with Crippen molar-refractivity contribution in [3.8, 4) is 0 Å². The lowest BCUT2D eigenvalue weighted by molar-refractivity contribution is 0.0609. The molecule has 0 saturated carbocycles. The Balaban J connectivity index is 2.49. The molecule has 2 aliphatic heterocycles. The Bertz CT molecular complexity index is 359. The zero-order valence-electron chi connectivity index (χ0n) is 11.6. The Morgan fingerprint density at radius 2 is 3.11 bits per heavy atom. The van der Waals surface area contributed by atoms with E-state index in [9.17, 15) is 0 Å². The van der Waals surface area contributed by atoms with Gasteiger partial charge in [-0.1, -0.05) is 6.08 Å². The van der Waals surface area contributed by atoms with E-state index in [0.29, 0.717) is 5.31 Å². The van der Waals surface area contributed by atoms with Crippen LogP contribution < -0.4 is 10.6 Å². The summed E-state index contributed by atoms with van der Waals surface area (Å²) in [5, 5.41) is 0.498. The van der Waals surface area contributed by atoms with Gasteiger partial charge in [0.25, 0.3) is 0 Å². The van der Waals surface area contributed by atoms with E-state index in [1.165, 1.54) is 6.08 Å². The second kappa shape index (κ2) is 2.01.